The third kappa shape index (κ3) is 3.66. The normalized spacial score (nSPS) is 10.5. The fourth-order valence-corrected chi connectivity index (χ4v) is 2.47. The number of imidazole rings is 1. The number of nitrogens with one attached hydrogen (secondary N) is 1. The molecule has 1 N–H and O–H groups in total. The largest absolute Gasteiger partial charge is 0.457 e. The average molecular weight is 306 g/mol. The topological polar surface area (TPSA) is 55.0 Å². The molecule has 3 aromatic rings. The SMILES string of the molecule is Cc1c(COC(=O)c2ccccc2)cccc1Cc1cnc[nH]1. The van der Waals surface area contributed by atoms with Crippen LogP contribution in [-0.2, 0) is 17.8 Å². The fraction of sp³-hybridized carbons (Fsp3) is 0.158. The second-order valence-corrected chi connectivity index (χ2v) is 5.40. The summed E-state index contributed by atoms with van der Waals surface area (Å²) in [5.74, 6) is -0.302. The van der Waals surface area contributed by atoms with Gasteiger partial charge in [-0.25, -0.2) is 9.78 Å². The highest BCUT2D eigenvalue weighted by Crippen LogP contribution is 2.18. The number of benzene rings is 2. The zero-order valence-electron chi connectivity index (χ0n) is 13.0. The van der Waals surface area contributed by atoms with Gasteiger partial charge in [-0.05, 0) is 35.7 Å². The minimum absolute atomic E-state index is 0.274. The molecule has 4 nitrogen and oxygen atoms in total. The van der Waals surface area contributed by atoms with Crippen LogP contribution in [0.15, 0.2) is 61.1 Å². The molecule has 0 atom stereocenters. The number of ether oxygens (including phenoxy) is 1. The van der Waals surface area contributed by atoms with E-state index in [1.54, 1.807) is 18.5 Å². The molecule has 4 heteroatoms. The predicted molar refractivity (Wildman–Crippen MR) is 88.1 cm³/mol. The van der Waals surface area contributed by atoms with Crippen LogP contribution < -0.4 is 0 Å². The molecule has 0 fully saturated rings. The first-order valence-corrected chi connectivity index (χ1v) is 7.51. The number of aromatic nitrogens is 2. The van der Waals surface area contributed by atoms with Gasteiger partial charge in [0.05, 0.1) is 11.9 Å². The zero-order chi connectivity index (χ0) is 16.1. The molecule has 0 unspecified atom stereocenters. The fourth-order valence-electron chi connectivity index (χ4n) is 2.47. The summed E-state index contributed by atoms with van der Waals surface area (Å²) in [6.45, 7) is 2.33. The Bertz CT molecular complexity index is 780. The number of hydrogen-bond donors (Lipinski definition) is 1. The van der Waals surface area contributed by atoms with Crippen LogP contribution in [-0.4, -0.2) is 15.9 Å². The summed E-state index contributed by atoms with van der Waals surface area (Å²) in [5.41, 5.74) is 4.99. The molecule has 1 aromatic heterocycles. The Morgan fingerprint density at radius 2 is 1.87 bits per heavy atom. The first-order chi connectivity index (χ1) is 11.2. The van der Waals surface area contributed by atoms with Crippen LogP contribution >= 0.6 is 0 Å². The molecule has 1 heterocycles. The minimum atomic E-state index is -0.302. The van der Waals surface area contributed by atoms with Crippen molar-refractivity contribution in [2.45, 2.75) is 20.0 Å². The van der Waals surface area contributed by atoms with Crippen molar-refractivity contribution in [3.8, 4) is 0 Å². The van der Waals surface area contributed by atoms with Crippen LogP contribution in [0.3, 0.4) is 0 Å². The van der Waals surface area contributed by atoms with E-state index >= 15 is 0 Å². The van der Waals surface area contributed by atoms with E-state index in [1.165, 1.54) is 5.56 Å². The van der Waals surface area contributed by atoms with Crippen molar-refractivity contribution in [1.82, 2.24) is 9.97 Å². The van der Waals surface area contributed by atoms with E-state index in [4.69, 9.17) is 4.74 Å². The second-order valence-electron chi connectivity index (χ2n) is 5.40. The minimum Gasteiger partial charge on any atom is -0.457 e. The molecule has 0 radical (unpaired) electrons. The Hall–Kier alpha value is -2.88. The Morgan fingerprint density at radius 3 is 2.61 bits per heavy atom. The highest BCUT2D eigenvalue weighted by atomic mass is 16.5. The molecule has 0 bridgehead atoms. The van der Waals surface area contributed by atoms with E-state index in [1.807, 2.05) is 36.5 Å². The van der Waals surface area contributed by atoms with E-state index < -0.39 is 0 Å². The Labute approximate surface area is 135 Å². The molecule has 0 saturated carbocycles. The van der Waals surface area contributed by atoms with Gasteiger partial charge < -0.3 is 9.72 Å². The Kier molecular flexibility index (Phi) is 4.52. The Morgan fingerprint density at radius 1 is 1.09 bits per heavy atom. The predicted octanol–water partition coefficient (Wildman–Crippen LogP) is 3.67. The first-order valence-electron chi connectivity index (χ1n) is 7.51. The second kappa shape index (κ2) is 6.92. The molecule has 0 spiro atoms. The highest BCUT2D eigenvalue weighted by molar-refractivity contribution is 5.89. The van der Waals surface area contributed by atoms with Crippen LogP contribution in [0.2, 0.25) is 0 Å². The molecule has 0 aliphatic rings. The number of hydrogen-bond acceptors (Lipinski definition) is 3. The number of esters is 1. The van der Waals surface area contributed by atoms with E-state index in [2.05, 4.69) is 23.0 Å². The maximum Gasteiger partial charge on any atom is 0.338 e. The van der Waals surface area contributed by atoms with E-state index in [-0.39, 0.29) is 12.6 Å². The molecule has 2 aromatic carbocycles. The molecule has 23 heavy (non-hydrogen) atoms. The van der Waals surface area contributed by atoms with Gasteiger partial charge in [0.1, 0.15) is 6.61 Å². The lowest BCUT2D eigenvalue weighted by Crippen LogP contribution is -2.06. The van der Waals surface area contributed by atoms with Gasteiger partial charge in [0.15, 0.2) is 0 Å². The van der Waals surface area contributed by atoms with Crippen LogP contribution in [0.25, 0.3) is 0 Å². The van der Waals surface area contributed by atoms with Crippen molar-refractivity contribution < 1.29 is 9.53 Å². The van der Waals surface area contributed by atoms with Gasteiger partial charge in [-0.3, -0.25) is 0 Å². The summed E-state index contributed by atoms with van der Waals surface area (Å²) in [4.78, 5) is 19.2. The quantitative estimate of drug-likeness (QED) is 0.732. The molecule has 0 aliphatic heterocycles. The van der Waals surface area contributed by atoms with Gasteiger partial charge in [0, 0.05) is 18.3 Å². The lowest BCUT2D eigenvalue weighted by Gasteiger charge is -2.11. The van der Waals surface area contributed by atoms with Crippen LogP contribution in [0, 0.1) is 6.92 Å². The van der Waals surface area contributed by atoms with Crippen molar-refractivity contribution in [2.75, 3.05) is 0 Å². The summed E-state index contributed by atoms with van der Waals surface area (Å²) >= 11 is 0. The van der Waals surface area contributed by atoms with Crippen LogP contribution in [0.1, 0.15) is 32.7 Å². The molecule has 0 amide bonds. The lowest BCUT2D eigenvalue weighted by atomic mass is 9.99. The van der Waals surface area contributed by atoms with Crippen molar-refractivity contribution >= 4 is 5.97 Å². The summed E-state index contributed by atoms with van der Waals surface area (Å²) in [5, 5.41) is 0. The van der Waals surface area contributed by atoms with Crippen molar-refractivity contribution in [2.24, 2.45) is 0 Å². The smallest absolute Gasteiger partial charge is 0.338 e. The number of nitrogens with zero attached hydrogens (tertiary/aromatic N) is 1. The highest BCUT2D eigenvalue weighted by Gasteiger charge is 2.10. The molecular weight excluding hydrogens is 288 g/mol. The lowest BCUT2D eigenvalue weighted by molar-refractivity contribution is 0.0472. The van der Waals surface area contributed by atoms with Crippen molar-refractivity contribution in [3.63, 3.8) is 0 Å². The van der Waals surface area contributed by atoms with Gasteiger partial charge in [-0.15, -0.1) is 0 Å². The van der Waals surface area contributed by atoms with Gasteiger partial charge >= 0.3 is 5.97 Å². The number of carbonyl (C=O) groups is 1. The number of H-pyrrole nitrogens is 1. The number of carbonyl (C=O) groups excluding carboxylic acids is 1. The number of rotatable bonds is 5. The molecule has 0 saturated heterocycles. The zero-order valence-corrected chi connectivity index (χ0v) is 13.0. The first kappa shape index (κ1) is 15.0. The van der Waals surface area contributed by atoms with Crippen LogP contribution in [0.4, 0.5) is 0 Å². The van der Waals surface area contributed by atoms with Crippen molar-refractivity contribution in [3.05, 3.63) is 89.0 Å². The molecule has 116 valence electrons. The van der Waals surface area contributed by atoms with Gasteiger partial charge in [-0.1, -0.05) is 36.4 Å². The third-order valence-electron chi connectivity index (χ3n) is 3.86. The van der Waals surface area contributed by atoms with Crippen LogP contribution in [0.5, 0.6) is 0 Å². The van der Waals surface area contributed by atoms with Gasteiger partial charge in [0.2, 0.25) is 0 Å². The van der Waals surface area contributed by atoms with E-state index in [9.17, 15) is 4.79 Å². The summed E-state index contributed by atoms with van der Waals surface area (Å²) in [6, 6.07) is 15.1. The molecule has 3 rings (SSSR count). The maximum atomic E-state index is 12.0. The van der Waals surface area contributed by atoms with Crippen molar-refractivity contribution in [1.29, 1.82) is 0 Å². The summed E-state index contributed by atoms with van der Waals surface area (Å²) in [6.07, 6.45) is 4.28. The number of aromatic amines is 1. The Balaban J connectivity index is 1.70. The standard InChI is InChI=1S/C19H18N2O2/c1-14-16(10-18-11-20-13-21-18)8-5-9-17(14)12-23-19(22)15-6-3-2-4-7-15/h2-9,11,13H,10,12H2,1H3,(H,20,21). The molecule has 0 aliphatic carbocycles. The van der Waals surface area contributed by atoms with Gasteiger partial charge in [-0.2, -0.15) is 0 Å². The maximum absolute atomic E-state index is 12.0. The summed E-state index contributed by atoms with van der Waals surface area (Å²) in [7, 11) is 0. The summed E-state index contributed by atoms with van der Waals surface area (Å²) < 4.78 is 5.43. The van der Waals surface area contributed by atoms with Gasteiger partial charge in [0.25, 0.3) is 0 Å². The molecular formula is C19H18N2O2. The third-order valence-corrected chi connectivity index (χ3v) is 3.86. The van der Waals surface area contributed by atoms with E-state index in [0.29, 0.717) is 5.56 Å². The average Bonchev–Trinajstić information content (AvgIpc) is 3.09. The van der Waals surface area contributed by atoms with E-state index in [0.717, 1.165) is 23.2 Å². The monoisotopic (exact) mass is 306 g/mol.